The van der Waals surface area contributed by atoms with E-state index in [9.17, 15) is 9.59 Å². The molecular formula is C21H33N3O4. The molecule has 1 unspecified atom stereocenters. The van der Waals surface area contributed by atoms with Crippen LogP contribution in [0.15, 0.2) is 18.2 Å². The number of hydrogen-bond donors (Lipinski definition) is 2. The Morgan fingerprint density at radius 1 is 1.29 bits per heavy atom. The highest BCUT2D eigenvalue weighted by molar-refractivity contribution is 5.85. The van der Waals surface area contributed by atoms with Crippen LogP contribution in [0.5, 0.6) is 11.5 Å². The van der Waals surface area contributed by atoms with Crippen LogP contribution in [0.25, 0.3) is 0 Å². The van der Waals surface area contributed by atoms with E-state index in [4.69, 9.17) is 15.2 Å². The van der Waals surface area contributed by atoms with Crippen molar-refractivity contribution in [3.05, 3.63) is 23.8 Å². The number of piperidine rings is 1. The molecule has 0 radical (unpaired) electrons. The predicted octanol–water partition coefficient (Wildman–Crippen LogP) is 2.08. The molecule has 2 amide bonds. The molecule has 0 spiro atoms. The van der Waals surface area contributed by atoms with Crippen LogP contribution in [0.3, 0.4) is 0 Å². The maximum Gasteiger partial charge on any atom is 0.242 e. The van der Waals surface area contributed by atoms with Crippen molar-refractivity contribution in [1.29, 1.82) is 0 Å². The van der Waals surface area contributed by atoms with Crippen LogP contribution in [0, 0.1) is 5.92 Å². The number of carbonyl (C=O) groups excluding carboxylic acids is 2. The number of amides is 2. The number of methoxy groups -OCH3 is 2. The Hall–Kier alpha value is -2.28. The number of benzene rings is 1. The van der Waals surface area contributed by atoms with Crippen molar-refractivity contribution in [3.8, 4) is 11.5 Å². The third-order valence-electron chi connectivity index (χ3n) is 5.11. The van der Waals surface area contributed by atoms with Crippen LogP contribution >= 0.6 is 0 Å². The Balaban J connectivity index is 1.80. The van der Waals surface area contributed by atoms with Gasteiger partial charge in [-0.3, -0.25) is 9.59 Å². The van der Waals surface area contributed by atoms with Crippen molar-refractivity contribution in [2.45, 2.75) is 51.6 Å². The number of rotatable bonds is 8. The van der Waals surface area contributed by atoms with Gasteiger partial charge in [-0.05, 0) is 51.2 Å². The Kier molecular flexibility index (Phi) is 7.69. The van der Waals surface area contributed by atoms with E-state index in [-0.39, 0.29) is 11.8 Å². The van der Waals surface area contributed by atoms with E-state index in [0.29, 0.717) is 36.9 Å². The first-order valence-corrected chi connectivity index (χ1v) is 9.80. The Morgan fingerprint density at radius 2 is 2.04 bits per heavy atom. The second kappa shape index (κ2) is 9.78. The van der Waals surface area contributed by atoms with Crippen LogP contribution in [0.2, 0.25) is 0 Å². The van der Waals surface area contributed by atoms with E-state index in [0.717, 1.165) is 31.4 Å². The zero-order valence-electron chi connectivity index (χ0n) is 17.4. The van der Waals surface area contributed by atoms with E-state index < -0.39 is 5.54 Å². The van der Waals surface area contributed by atoms with Gasteiger partial charge in [0, 0.05) is 37.7 Å². The van der Waals surface area contributed by atoms with Crippen LogP contribution in [-0.2, 0) is 16.1 Å². The number of hydrogen-bond acceptors (Lipinski definition) is 5. The molecule has 1 aromatic rings. The summed E-state index contributed by atoms with van der Waals surface area (Å²) in [5.74, 6) is 1.71. The molecule has 1 atom stereocenters. The van der Waals surface area contributed by atoms with Gasteiger partial charge in [-0.1, -0.05) is 0 Å². The lowest BCUT2D eigenvalue weighted by molar-refractivity contribution is -0.137. The monoisotopic (exact) mass is 391 g/mol. The van der Waals surface area contributed by atoms with Crippen molar-refractivity contribution >= 4 is 11.8 Å². The molecule has 156 valence electrons. The van der Waals surface area contributed by atoms with E-state index in [1.807, 2.05) is 17.0 Å². The van der Waals surface area contributed by atoms with E-state index in [2.05, 4.69) is 5.32 Å². The number of nitrogens with one attached hydrogen (secondary N) is 1. The van der Waals surface area contributed by atoms with E-state index in [1.54, 1.807) is 34.1 Å². The summed E-state index contributed by atoms with van der Waals surface area (Å²) in [6.07, 6.45) is 3.20. The van der Waals surface area contributed by atoms with Gasteiger partial charge < -0.3 is 25.4 Å². The van der Waals surface area contributed by atoms with Gasteiger partial charge in [0.2, 0.25) is 11.8 Å². The number of likely N-dealkylation sites (tertiary alicyclic amines) is 1. The largest absolute Gasteiger partial charge is 0.497 e. The third kappa shape index (κ3) is 6.12. The second-order valence-electron chi connectivity index (χ2n) is 7.97. The van der Waals surface area contributed by atoms with Gasteiger partial charge in [-0.2, -0.15) is 0 Å². The number of nitrogens with two attached hydrogens (primary N) is 1. The molecule has 3 N–H and O–H groups in total. The summed E-state index contributed by atoms with van der Waals surface area (Å²) in [5, 5.41) is 2.95. The summed E-state index contributed by atoms with van der Waals surface area (Å²) in [5.41, 5.74) is 5.99. The highest BCUT2D eigenvalue weighted by Gasteiger charge is 2.31. The summed E-state index contributed by atoms with van der Waals surface area (Å²) >= 11 is 0. The van der Waals surface area contributed by atoms with Crippen molar-refractivity contribution in [3.63, 3.8) is 0 Å². The lowest BCUT2D eigenvalue weighted by Crippen LogP contribution is -2.53. The number of ether oxygens (including phenoxy) is 2. The van der Waals surface area contributed by atoms with Crippen LogP contribution in [-0.4, -0.2) is 49.6 Å². The first-order valence-electron chi connectivity index (χ1n) is 9.80. The molecule has 0 bridgehead atoms. The smallest absolute Gasteiger partial charge is 0.242 e. The zero-order chi connectivity index (χ0) is 20.7. The quantitative estimate of drug-likeness (QED) is 0.708. The minimum Gasteiger partial charge on any atom is -0.497 e. The highest BCUT2D eigenvalue weighted by Crippen LogP contribution is 2.25. The SMILES string of the molecule is COc1ccc(CNC(=O)CCC2CCCN(C(=O)C(C)(C)N)C2)c(OC)c1. The fourth-order valence-corrected chi connectivity index (χ4v) is 3.51. The molecule has 1 aliphatic rings. The van der Waals surface area contributed by atoms with Gasteiger partial charge in [-0.15, -0.1) is 0 Å². The van der Waals surface area contributed by atoms with E-state index in [1.165, 1.54) is 0 Å². The van der Waals surface area contributed by atoms with Crippen molar-refractivity contribution in [2.75, 3.05) is 27.3 Å². The van der Waals surface area contributed by atoms with Gasteiger partial charge in [0.25, 0.3) is 0 Å². The molecule has 0 aromatic heterocycles. The first-order chi connectivity index (χ1) is 13.2. The molecule has 1 fully saturated rings. The molecule has 2 rings (SSSR count). The lowest BCUT2D eigenvalue weighted by Gasteiger charge is -2.36. The van der Waals surface area contributed by atoms with E-state index >= 15 is 0 Å². The Morgan fingerprint density at radius 3 is 2.68 bits per heavy atom. The van der Waals surface area contributed by atoms with Crippen LogP contribution in [0.1, 0.15) is 45.1 Å². The third-order valence-corrected chi connectivity index (χ3v) is 5.11. The predicted molar refractivity (Wildman–Crippen MR) is 108 cm³/mol. The zero-order valence-corrected chi connectivity index (χ0v) is 17.4. The molecule has 7 heteroatoms. The fraction of sp³-hybridized carbons (Fsp3) is 0.619. The molecule has 1 heterocycles. The molecule has 1 aliphatic heterocycles. The minimum atomic E-state index is -0.851. The van der Waals surface area contributed by atoms with Gasteiger partial charge in [0.1, 0.15) is 11.5 Å². The van der Waals surface area contributed by atoms with Crippen molar-refractivity contribution < 1.29 is 19.1 Å². The summed E-state index contributed by atoms with van der Waals surface area (Å²) in [4.78, 5) is 26.5. The molecule has 0 saturated carbocycles. The molecule has 7 nitrogen and oxygen atoms in total. The maximum atomic E-state index is 12.4. The summed E-state index contributed by atoms with van der Waals surface area (Å²) in [7, 11) is 3.20. The van der Waals surface area contributed by atoms with Crippen molar-refractivity contribution in [1.82, 2.24) is 10.2 Å². The number of nitrogens with zero attached hydrogens (tertiary/aromatic N) is 1. The van der Waals surface area contributed by atoms with Crippen LogP contribution < -0.4 is 20.5 Å². The standard InChI is InChI=1S/C21H33N3O4/c1-21(2,22)20(26)24-11-5-6-15(14-24)7-10-19(25)23-13-16-8-9-17(27-3)12-18(16)28-4/h8-9,12,15H,5-7,10-11,13-14,22H2,1-4H3,(H,23,25). The average Bonchev–Trinajstić information content (AvgIpc) is 2.69. The fourth-order valence-electron chi connectivity index (χ4n) is 3.51. The Bertz CT molecular complexity index is 685. The molecule has 28 heavy (non-hydrogen) atoms. The minimum absolute atomic E-state index is 0.000441. The van der Waals surface area contributed by atoms with Crippen molar-refractivity contribution in [2.24, 2.45) is 11.7 Å². The molecule has 1 saturated heterocycles. The lowest BCUT2D eigenvalue weighted by atomic mass is 9.92. The second-order valence-corrected chi connectivity index (χ2v) is 7.97. The van der Waals surface area contributed by atoms with Crippen LogP contribution in [0.4, 0.5) is 0 Å². The summed E-state index contributed by atoms with van der Waals surface area (Å²) in [6.45, 7) is 5.31. The summed E-state index contributed by atoms with van der Waals surface area (Å²) in [6, 6.07) is 5.53. The highest BCUT2D eigenvalue weighted by atomic mass is 16.5. The summed E-state index contributed by atoms with van der Waals surface area (Å²) < 4.78 is 10.5. The van der Waals surface area contributed by atoms with Gasteiger partial charge in [0.15, 0.2) is 0 Å². The first kappa shape index (κ1) is 22.0. The Labute approximate surface area is 167 Å². The number of carbonyl (C=O) groups is 2. The van der Waals surface area contributed by atoms with Gasteiger partial charge >= 0.3 is 0 Å². The molecular weight excluding hydrogens is 358 g/mol. The maximum absolute atomic E-state index is 12.4. The van der Waals surface area contributed by atoms with Gasteiger partial charge in [0.05, 0.1) is 19.8 Å². The molecule has 1 aromatic carbocycles. The van der Waals surface area contributed by atoms with Gasteiger partial charge in [-0.25, -0.2) is 0 Å². The molecule has 0 aliphatic carbocycles. The normalized spacial score (nSPS) is 17.2. The topological polar surface area (TPSA) is 93.9 Å². The average molecular weight is 392 g/mol.